The lowest BCUT2D eigenvalue weighted by molar-refractivity contribution is -0.612. The van der Waals surface area contributed by atoms with Gasteiger partial charge in [0.2, 0.25) is 0 Å². The maximum atomic E-state index is 10.7. The van der Waals surface area contributed by atoms with E-state index in [1.807, 2.05) is 0 Å². The van der Waals surface area contributed by atoms with E-state index in [4.69, 9.17) is 16.3 Å². The lowest BCUT2D eigenvalue weighted by atomic mass is 10.5. The lowest BCUT2D eigenvalue weighted by Gasteiger charge is -2.00. The van der Waals surface area contributed by atoms with Crippen molar-refractivity contribution in [3.63, 3.8) is 0 Å². The molecule has 0 atom stereocenters. The molecule has 0 radical (unpaired) electrons. The Morgan fingerprint density at radius 3 is 2.90 bits per heavy atom. The smallest absolute Gasteiger partial charge is 0.380 e. The van der Waals surface area contributed by atoms with Crippen molar-refractivity contribution in [1.29, 1.82) is 0 Å². The lowest BCUT2D eigenvalue weighted by Crippen LogP contribution is -2.27. The van der Waals surface area contributed by atoms with Crippen LogP contribution in [0, 0.1) is 5.21 Å². The zero-order chi connectivity index (χ0) is 7.56. The van der Waals surface area contributed by atoms with Crippen molar-refractivity contribution >= 4 is 11.6 Å². The molecule has 10 heavy (non-hydrogen) atoms. The Kier molecular flexibility index (Phi) is 1.97. The van der Waals surface area contributed by atoms with E-state index in [9.17, 15) is 5.21 Å². The van der Waals surface area contributed by atoms with Crippen molar-refractivity contribution in [3.8, 4) is 5.88 Å². The van der Waals surface area contributed by atoms with Gasteiger partial charge in [-0.15, -0.1) is 4.73 Å². The van der Waals surface area contributed by atoms with Crippen LogP contribution in [-0.4, -0.2) is 7.11 Å². The van der Waals surface area contributed by atoms with Crippen molar-refractivity contribution in [2.24, 2.45) is 0 Å². The molecule has 0 saturated heterocycles. The minimum absolute atomic E-state index is 0.201. The molecule has 0 aliphatic rings. The largest absolute Gasteiger partial charge is 0.616 e. The number of pyridine rings is 1. The molecule has 0 N–H and O–H groups in total. The summed E-state index contributed by atoms with van der Waals surface area (Å²) in [5.41, 5.74) is 0. The van der Waals surface area contributed by atoms with Crippen LogP contribution < -0.4 is 9.47 Å². The molecule has 1 rings (SSSR count). The summed E-state index contributed by atoms with van der Waals surface area (Å²) >= 11 is 5.56. The van der Waals surface area contributed by atoms with Gasteiger partial charge in [-0.25, -0.2) is 0 Å². The molecule has 0 bridgehead atoms. The Hall–Kier alpha value is -0.960. The molecule has 0 aliphatic heterocycles. The number of ether oxygens (including phenoxy) is 1. The molecule has 1 aromatic rings. The van der Waals surface area contributed by atoms with Crippen LogP contribution in [0.25, 0.3) is 0 Å². The highest BCUT2D eigenvalue weighted by molar-refractivity contribution is 6.30. The van der Waals surface area contributed by atoms with E-state index in [0.717, 1.165) is 0 Å². The van der Waals surface area contributed by atoms with Gasteiger partial charge in [-0.05, 0) is 0 Å². The third kappa shape index (κ3) is 1.30. The Balaban J connectivity index is 3.09. The van der Waals surface area contributed by atoms with Gasteiger partial charge >= 0.3 is 5.88 Å². The maximum absolute atomic E-state index is 10.7. The van der Waals surface area contributed by atoms with E-state index in [1.54, 1.807) is 0 Å². The standard InChI is InChI=1S/C6H6ClNO2/c1-10-6-4-5(7)2-3-8(6)9/h2-4H,1H3. The first-order valence-electron chi connectivity index (χ1n) is 2.67. The molecule has 0 aliphatic carbocycles. The summed E-state index contributed by atoms with van der Waals surface area (Å²) in [6, 6.07) is 2.95. The van der Waals surface area contributed by atoms with E-state index in [2.05, 4.69) is 0 Å². The minimum atomic E-state index is 0.201. The molecule has 0 unspecified atom stereocenters. The van der Waals surface area contributed by atoms with Gasteiger partial charge in [-0.3, -0.25) is 0 Å². The number of halogens is 1. The minimum Gasteiger partial charge on any atom is -0.616 e. The van der Waals surface area contributed by atoms with Crippen molar-refractivity contribution in [3.05, 3.63) is 28.6 Å². The summed E-state index contributed by atoms with van der Waals surface area (Å²) in [6.45, 7) is 0. The Bertz CT molecular complexity index is 239. The zero-order valence-electron chi connectivity index (χ0n) is 5.37. The number of hydrogen-bond donors (Lipinski definition) is 0. The van der Waals surface area contributed by atoms with Crippen molar-refractivity contribution in [2.75, 3.05) is 7.11 Å². The van der Waals surface area contributed by atoms with Crippen LogP contribution >= 0.6 is 11.6 Å². The molecule has 54 valence electrons. The second-order valence-corrected chi connectivity index (χ2v) is 2.15. The SMILES string of the molecule is COc1cc(Cl)cc[n+]1[O-]. The zero-order valence-corrected chi connectivity index (χ0v) is 6.13. The summed E-state index contributed by atoms with van der Waals surface area (Å²) in [5, 5.41) is 11.2. The van der Waals surface area contributed by atoms with Gasteiger partial charge in [-0.1, -0.05) is 11.6 Å². The van der Waals surface area contributed by atoms with Gasteiger partial charge < -0.3 is 9.94 Å². The highest BCUT2D eigenvalue weighted by atomic mass is 35.5. The second kappa shape index (κ2) is 2.75. The summed E-state index contributed by atoms with van der Waals surface area (Å²) < 4.78 is 5.29. The van der Waals surface area contributed by atoms with Gasteiger partial charge in [0.05, 0.1) is 18.2 Å². The molecule has 0 spiro atoms. The van der Waals surface area contributed by atoms with Gasteiger partial charge in [0.25, 0.3) is 0 Å². The second-order valence-electron chi connectivity index (χ2n) is 1.71. The van der Waals surface area contributed by atoms with Gasteiger partial charge in [0.1, 0.15) is 0 Å². The van der Waals surface area contributed by atoms with Crippen LogP contribution in [0.2, 0.25) is 5.02 Å². The number of methoxy groups -OCH3 is 1. The first-order chi connectivity index (χ1) is 4.74. The van der Waals surface area contributed by atoms with Crippen LogP contribution in [0.3, 0.4) is 0 Å². The number of aromatic nitrogens is 1. The van der Waals surface area contributed by atoms with Crippen molar-refractivity contribution in [2.45, 2.75) is 0 Å². The van der Waals surface area contributed by atoms with Crippen LogP contribution in [0.15, 0.2) is 18.3 Å². The van der Waals surface area contributed by atoms with E-state index in [1.165, 1.54) is 25.4 Å². The Labute approximate surface area is 63.4 Å². The third-order valence-electron chi connectivity index (χ3n) is 1.06. The fourth-order valence-electron chi connectivity index (χ4n) is 0.591. The number of nitrogens with zero attached hydrogens (tertiary/aromatic N) is 1. The summed E-state index contributed by atoms with van der Waals surface area (Å²) in [5.74, 6) is 0.201. The molecule has 1 aromatic heterocycles. The van der Waals surface area contributed by atoms with Crippen LogP contribution in [0.4, 0.5) is 0 Å². The van der Waals surface area contributed by atoms with E-state index in [-0.39, 0.29) is 5.88 Å². The highest BCUT2D eigenvalue weighted by Crippen LogP contribution is 2.10. The third-order valence-corrected chi connectivity index (χ3v) is 1.29. The fraction of sp³-hybridized carbons (Fsp3) is 0.167. The maximum Gasteiger partial charge on any atom is 0.380 e. The fourth-order valence-corrected chi connectivity index (χ4v) is 0.741. The Morgan fingerprint density at radius 1 is 1.70 bits per heavy atom. The molecule has 0 amide bonds. The molecule has 1 heterocycles. The highest BCUT2D eigenvalue weighted by Gasteiger charge is 2.03. The average Bonchev–Trinajstić information content (AvgIpc) is 1.94. The predicted octanol–water partition coefficient (Wildman–Crippen LogP) is 0.982. The summed E-state index contributed by atoms with van der Waals surface area (Å²) in [6.07, 6.45) is 1.29. The first-order valence-corrected chi connectivity index (χ1v) is 3.04. The van der Waals surface area contributed by atoms with Crippen molar-refractivity contribution < 1.29 is 9.47 Å². The van der Waals surface area contributed by atoms with Crippen LogP contribution in [0.1, 0.15) is 0 Å². The Morgan fingerprint density at radius 2 is 2.40 bits per heavy atom. The molecule has 0 aromatic carbocycles. The molecule has 4 heteroatoms. The van der Waals surface area contributed by atoms with Crippen LogP contribution in [0.5, 0.6) is 5.88 Å². The molecular formula is C6H6ClNO2. The van der Waals surface area contributed by atoms with E-state index >= 15 is 0 Å². The van der Waals surface area contributed by atoms with Gasteiger partial charge in [-0.2, -0.15) is 0 Å². The quantitative estimate of drug-likeness (QED) is 0.453. The van der Waals surface area contributed by atoms with Crippen molar-refractivity contribution in [1.82, 2.24) is 0 Å². The number of hydrogen-bond acceptors (Lipinski definition) is 2. The average molecular weight is 160 g/mol. The summed E-state index contributed by atoms with van der Waals surface area (Å²) in [4.78, 5) is 0. The van der Waals surface area contributed by atoms with Gasteiger partial charge in [0, 0.05) is 6.07 Å². The van der Waals surface area contributed by atoms with Gasteiger partial charge in [0.15, 0.2) is 6.20 Å². The molecular weight excluding hydrogens is 154 g/mol. The topological polar surface area (TPSA) is 36.2 Å². The van der Waals surface area contributed by atoms with E-state index < -0.39 is 0 Å². The summed E-state index contributed by atoms with van der Waals surface area (Å²) in [7, 11) is 1.42. The monoisotopic (exact) mass is 159 g/mol. The molecule has 0 saturated carbocycles. The van der Waals surface area contributed by atoms with Crippen LogP contribution in [-0.2, 0) is 0 Å². The number of rotatable bonds is 1. The first kappa shape index (κ1) is 7.15. The predicted molar refractivity (Wildman–Crippen MR) is 37.0 cm³/mol. The van der Waals surface area contributed by atoms with E-state index in [0.29, 0.717) is 9.75 Å². The molecule has 0 fully saturated rings. The molecule has 3 nitrogen and oxygen atoms in total. The normalized spacial score (nSPS) is 9.40.